The third kappa shape index (κ3) is 6.06. The van der Waals surface area contributed by atoms with Crippen LogP contribution in [-0.4, -0.2) is 45.7 Å². The summed E-state index contributed by atoms with van der Waals surface area (Å²) in [6.07, 6.45) is -10.9. The Kier molecular flexibility index (Phi) is 6.66. The van der Waals surface area contributed by atoms with Crippen molar-refractivity contribution in [1.29, 1.82) is 0 Å². The minimum atomic E-state index is -4.74. The molecule has 0 unspecified atom stereocenters. The molecule has 2 aromatic rings. The number of benzene rings is 2. The molecular weight excluding hydrogens is 462 g/mol. The standard InChI is InChI=1S/C20H20F6N2O3S/c1-28-9-8-15(12-28)31-17-10-14(6-7-16(17)20(24,25)26)27-32(29,30)18-5-3-2-4-13(18)11-19(21,22)23/h2-7,10,15,27H,8-9,11-12H2,1H3/t15-/m1/s1. The Balaban J connectivity index is 1.92. The summed E-state index contributed by atoms with van der Waals surface area (Å²) in [6, 6.07) is 7.01. The van der Waals surface area contributed by atoms with Crippen LogP contribution in [0.4, 0.5) is 32.0 Å². The van der Waals surface area contributed by atoms with Gasteiger partial charge in [0.1, 0.15) is 11.9 Å². The number of rotatable bonds is 6. The maximum Gasteiger partial charge on any atom is 0.419 e. The number of anilines is 1. The van der Waals surface area contributed by atoms with Crippen molar-refractivity contribution in [1.82, 2.24) is 4.90 Å². The number of likely N-dealkylation sites (tertiary alicyclic amines) is 1. The Labute approximate surface area is 181 Å². The van der Waals surface area contributed by atoms with Gasteiger partial charge in [-0.2, -0.15) is 26.3 Å². The number of halogens is 6. The number of nitrogens with zero attached hydrogens (tertiary/aromatic N) is 1. The number of ether oxygens (including phenoxy) is 1. The third-order valence-electron chi connectivity index (χ3n) is 4.83. The Bertz CT molecular complexity index is 1070. The molecule has 0 aromatic heterocycles. The molecule has 176 valence electrons. The molecule has 0 saturated carbocycles. The first-order valence-electron chi connectivity index (χ1n) is 9.48. The second-order valence-corrected chi connectivity index (χ2v) is 9.16. The van der Waals surface area contributed by atoms with E-state index in [2.05, 4.69) is 4.72 Å². The fourth-order valence-electron chi connectivity index (χ4n) is 3.43. The lowest BCUT2D eigenvalue weighted by Gasteiger charge is -2.20. The van der Waals surface area contributed by atoms with Crippen molar-refractivity contribution in [3.8, 4) is 5.75 Å². The number of nitrogens with one attached hydrogen (secondary N) is 1. The molecule has 0 amide bonds. The molecule has 1 aliphatic rings. The largest absolute Gasteiger partial charge is 0.488 e. The third-order valence-corrected chi connectivity index (χ3v) is 6.32. The molecule has 1 aliphatic heterocycles. The van der Waals surface area contributed by atoms with Crippen LogP contribution >= 0.6 is 0 Å². The van der Waals surface area contributed by atoms with Gasteiger partial charge in [-0.3, -0.25) is 4.72 Å². The lowest BCUT2D eigenvalue weighted by molar-refractivity contribution is -0.139. The van der Waals surface area contributed by atoms with E-state index in [0.717, 1.165) is 24.3 Å². The maximum absolute atomic E-state index is 13.4. The molecule has 3 rings (SSSR count). The molecule has 1 N–H and O–H groups in total. The van der Waals surface area contributed by atoms with E-state index < -0.39 is 56.7 Å². The van der Waals surface area contributed by atoms with Crippen LogP contribution in [0.2, 0.25) is 0 Å². The topological polar surface area (TPSA) is 58.6 Å². The summed E-state index contributed by atoms with van der Waals surface area (Å²) in [5.74, 6) is -0.554. The molecule has 12 heteroatoms. The predicted octanol–water partition coefficient (Wildman–Crippen LogP) is 4.69. The minimum absolute atomic E-state index is 0.263. The average Bonchev–Trinajstić information content (AvgIpc) is 3.04. The van der Waals surface area contributed by atoms with E-state index in [4.69, 9.17) is 4.74 Å². The van der Waals surface area contributed by atoms with E-state index >= 15 is 0 Å². The molecule has 0 spiro atoms. The van der Waals surface area contributed by atoms with Crippen molar-refractivity contribution >= 4 is 15.7 Å². The fourth-order valence-corrected chi connectivity index (χ4v) is 4.72. The van der Waals surface area contributed by atoms with E-state index in [1.807, 2.05) is 4.90 Å². The quantitative estimate of drug-likeness (QED) is 0.607. The number of hydrogen-bond donors (Lipinski definition) is 1. The smallest absolute Gasteiger partial charge is 0.419 e. The van der Waals surface area contributed by atoms with Crippen LogP contribution in [0.3, 0.4) is 0 Å². The lowest BCUT2D eigenvalue weighted by atomic mass is 10.1. The number of sulfonamides is 1. The van der Waals surface area contributed by atoms with Crippen molar-refractivity contribution in [2.45, 2.75) is 36.2 Å². The lowest BCUT2D eigenvalue weighted by Crippen LogP contribution is -2.23. The number of likely N-dealkylation sites (N-methyl/N-ethyl adjacent to an activating group) is 1. The molecule has 1 heterocycles. The van der Waals surface area contributed by atoms with E-state index in [1.54, 1.807) is 7.05 Å². The van der Waals surface area contributed by atoms with E-state index in [-0.39, 0.29) is 5.69 Å². The second kappa shape index (κ2) is 8.81. The highest BCUT2D eigenvalue weighted by atomic mass is 32.2. The fraction of sp³-hybridized carbons (Fsp3) is 0.400. The Hall–Kier alpha value is -2.47. The highest BCUT2D eigenvalue weighted by Crippen LogP contribution is 2.39. The monoisotopic (exact) mass is 482 g/mol. The zero-order valence-corrected chi connectivity index (χ0v) is 17.6. The molecule has 32 heavy (non-hydrogen) atoms. The normalized spacial score (nSPS) is 18.0. The Morgan fingerprint density at radius 3 is 2.38 bits per heavy atom. The first-order chi connectivity index (χ1) is 14.7. The second-order valence-electron chi connectivity index (χ2n) is 7.50. The Morgan fingerprint density at radius 1 is 1.09 bits per heavy atom. The zero-order chi connectivity index (χ0) is 23.7. The first kappa shape index (κ1) is 24.2. The van der Waals surface area contributed by atoms with Crippen LogP contribution in [-0.2, 0) is 22.6 Å². The van der Waals surface area contributed by atoms with Gasteiger partial charge in [0.15, 0.2) is 0 Å². The highest BCUT2D eigenvalue weighted by molar-refractivity contribution is 7.92. The SMILES string of the molecule is CN1CC[C@@H](Oc2cc(NS(=O)(=O)c3ccccc3CC(F)(F)F)ccc2C(F)(F)F)C1. The highest BCUT2D eigenvalue weighted by Gasteiger charge is 2.36. The minimum Gasteiger partial charge on any atom is -0.488 e. The van der Waals surface area contributed by atoms with Gasteiger partial charge in [-0.1, -0.05) is 18.2 Å². The first-order valence-corrected chi connectivity index (χ1v) is 11.0. The summed E-state index contributed by atoms with van der Waals surface area (Å²) in [5.41, 5.74) is -1.82. The van der Waals surface area contributed by atoms with Gasteiger partial charge in [-0.25, -0.2) is 8.42 Å². The maximum atomic E-state index is 13.4. The van der Waals surface area contributed by atoms with E-state index in [9.17, 15) is 34.8 Å². The number of hydrogen-bond acceptors (Lipinski definition) is 4. The van der Waals surface area contributed by atoms with Gasteiger partial charge in [-0.15, -0.1) is 0 Å². The molecule has 5 nitrogen and oxygen atoms in total. The molecule has 2 aromatic carbocycles. The van der Waals surface area contributed by atoms with Crippen LogP contribution in [0.25, 0.3) is 0 Å². The number of alkyl halides is 6. The van der Waals surface area contributed by atoms with E-state index in [0.29, 0.717) is 25.6 Å². The van der Waals surface area contributed by atoms with Gasteiger partial charge >= 0.3 is 12.4 Å². The summed E-state index contributed by atoms with van der Waals surface area (Å²) < 4.78 is 112. The van der Waals surface area contributed by atoms with Crippen LogP contribution in [0, 0.1) is 0 Å². The average molecular weight is 482 g/mol. The molecule has 1 atom stereocenters. The molecule has 1 saturated heterocycles. The van der Waals surface area contributed by atoms with Crippen molar-refractivity contribution in [2.24, 2.45) is 0 Å². The molecule has 0 bridgehead atoms. The van der Waals surface area contributed by atoms with Crippen molar-refractivity contribution in [3.05, 3.63) is 53.6 Å². The van der Waals surface area contributed by atoms with Crippen LogP contribution in [0.5, 0.6) is 5.75 Å². The predicted molar refractivity (Wildman–Crippen MR) is 105 cm³/mol. The van der Waals surface area contributed by atoms with Gasteiger partial charge < -0.3 is 9.64 Å². The Morgan fingerprint density at radius 2 is 1.78 bits per heavy atom. The van der Waals surface area contributed by atoms with Gasteiger partial charge in [-0.05, 0) is 37.2 Å². The zero-order valence-electron chi connectivity index (χ0n) is 16.8. The van der Waals surface area contributed by atoms with Crippen LogP contribution in [0.1, 0.15) is 17.5 Å². The van der Waals surface area contributed by atoms with Crippen molar-refractivity contribution < 1.29 is 39.5 Å². The van der Waals surface area contributed by atoms with Gasteiger partial charge in [0.2, 0.25) is 0 Å². The van der Waals surface area contributed by atoms with Gasteiger partial charge in [0, 0.05) is 19.2 Å². The molecule has 1 fully saturated rings. The van der Waals surface area contributed by atoms with Crippen LogP contribution in [0.15, 0.2) is 47.4 Å². The summed E-state index contributed by atoms with van der Waals surface area (Å²) in [4.78, 5) is 1.26. The summed E-state index contributed by atoms with van der Waals surface area (Å²) in [5, 5.41) is 0. The van der Waals surface area contributed by atoms with Gasteiger partial charge in [0.05, 0.1) is 22.6 Å². The summed E-state index contributed by atoms with van der Waals surface area (Å²) >= 11 is 0. The summed E-state index contributed by atoms with van der Waals surface area (Å²) in [7, 11) is -2.72. The van der Waals surface area contributed by atoms with Gasteiger partial charge in [0.25, 0.3) is 10.0 Å². The summed E-state index contributed by atoms with van der Waals surface area (Å²) in [6.45, 7) is 1.03. The van der Waals surface area contributed by atoms with Crippen molar-refractivity contribution in [2.75, 3.05) is 24.9 Å². The van der Waals surface area contributed by atoms with E-state index in [1.165, 1.54) is 12.1 Å². The molecular formula is C20H20F6N2O3S. The van der Waals surface area contributed by atoms with Crippen LogP contribution < -0.4 is 9.46 Å². The molecule has 0 radical (unpaired) electrons. The molecule has 0 aliphatic carbocycles. The van der Waals surface area contributed by atoms with Crippen molar-refractivity contribution in [3.63, 3.8) is 0 Å².